The van der Waals surface area contributed by atoms with Gasteiger partial charge in [0.15, 0.2) is 0 Å². The van der Waals surface area contributed by atoms with Gasteiger partial charge in [0.05, 0.1) is 10.6 Å². The van der Waals surface area contributed by atoms with E-state index in [4.69, 9.17) is 11.6 Å². The Labute approximate surface area is 279 Å². The minimum atomic E-state index is -4.22. The van der Waals surface area contributed by atoms with Gasteiger partial charge >= 0.3 is 0 Å². The molecule has 0 bridgehead atoms. The summed E-state index contributed by atoms with van der Waals surface area (Å²) in [6.45, 7) is 6.88. The van der Waals surface area contributed by atoms with Gasteiger partial charge in [-0.3, -0.25) is 13.9 Å². The molecule has 10 heteroatoms. The Morgan fingerprint density at radius 2 is 1.53 bits per heavy atom. The van der Waals surface area contributed by atoms with Crippen molar-refractivity contribution in [3.8, 4) is 0 Å². The summed E-state index contributed by atoms with van der Waals surface area (Å²) in [4.78, 5) is 29.9. The maximum atomic E-state index is 14.6. The molecule has 0 radical (unpaired) electrons. The van der Waals surface area contributed by atoms with Crippen molar-refractivity contribution in [1.29, 1.82) is 0 Å². The lowest BCUT2D eigenvalue weighted by Crippen LogP contribution is -2.54. The molecule has 0 saturated carbocycles. The van der Waals surface area contributed by atoms with Crippen molar-refractivity contribution >= 4 is 55.1 Å². The van der Waals surface area contributed by atoms with Crippen LogP contribution in [0.5, 0.6) is 0 Å². The van der Waals surface area contributed by atoms with Gasteiger partial charge in [-0.15, -0.1) is 0 Å². The third-order valence-electron chi connectivity index (χ3n) is 7.27. The van der Waals surface area contributed by atoms with Crippen molar-refractivity contribution in [3.05, 3.63) is 129 Å². The number of carbonyl (C=O) groups is 2. The first kappa shape index (κ1) is 34.2. The number of sulfonamides is 1. The molecule has 0 spiro atoms. The van der Waals surface area contributed by atoms with Crippen LogP contribution in [0.2, 0.25) is 5.02 Å². The van der Waals surface area contributed by atoms with Gasteiger partial charge in [-0.1, -0.05) is 93.8 Å². The first-order valence-corrected chi connectivity index (χ1v) is 17.2. The van der Waals surface area contributed by atoms with Crippen LogP contribution < -0.4 is 9.62 Å². The number of hydrogen-bond acceptors (Lipinski definition) is 4. The molecule has 1 atom stereocenters. The Morgan fingerprint density at radius 1 is 0.867 bits per heavy atom. The quantitative estimate of drug-likeness (QED) is 0.170. The molecule has 0 aromatic heterocycles. The fourth-order valence-corrected chi connectivity index (χ4v) is 7.05. The minimum absolute atomic E-state index is 0.0391. The van der Waals surface area contributed by atoms with Gasteiger partial charge in [0, 0.05) is 28.5 Å². The zero-order valence-electron chi connectivity index (χ0n) is 25.7. The van der Waals surface area contributed by atoms with E-state index < -0.39 is 28.5 Å². The zero-order valence-corrected chi connectivity index (χ0v) is 28.9. The van der Waals surface area contributed by atoms with Crippen LogP contribution in [0.25, 0.3) is 0 Å². The number of carbonyl (C=O) groups excluding carboxylic acids is 2. The SMILES string of the molecule is Cc1ccc(S(=O)(=O)N(CC(=O)N(Cc2cccc(Br)c2)C(Cc2ccccc2)C(=O)NC(C)C)c2cc(Cl)ccc2C)cc1. The molecule has 0 heterocycles. The minimum Gasteiger partial charge on any atom is -0.352 e. The summed E-state index contributed by atoms with van der Waals surface area (Å²) in [5, 5.41) is 3.30. The Kier molecular flexibility index (Phi) is 11.5. The monoisotopic (exact) mass is 709 g/mol. The van der Waals surface area contributed by atoms with Gasteiger partial charge in [-0.05, 0) is 80.8 Å². The first-order chi connectivity index (χ1) is 21.3. The number of amides is 2. The van der Waals surface area contributed by atoms with Crippen molar-refractivity contribution in [2.45, 2.75) is 57.6 Å². The summed E-state index contributed by atoms with van der Waals surface area (Å²) in [6.07, 6.45) is 0.236. The third kappa shape index (κ3) is 8.96. The van der Waals surface area contributed by atoms with E-state index in [0.717, 1.165) is 25.5 Å². The second kappa shape index (κ2) is 15.1. The molecule has 7 nitrogen and oxygen atoms in total. The lowest BCUT2D eigenvalue weighted by molar-refractivity contribution is -0.140. The number of hydrogen-bond donors (Lipinski definition) is 1. The number of nitrogens with zero attached hydrogens (tertiary/aromatic N) is 2. The maximum Gasteiger partial charge on any atom is 0.264 e. The Hall–Kier alpha value is -3.66. The lowest BCUT2D eigenvalue weighted by atomic mass is 10.0. The highest BCUT2D eigenvalue weighted by molar-refractivity contribution is 9.10. The second-order valence-corrected chi connectivity index (χ2v) is 14.5. The molecule has 0 saturated heterocycles. The van der Waals surface area contributed by atoms with Crippen LogP contribution in [-0.4, -0.2) is 43.8 Å². The largest absolute Gasteiger partial charge is 0.352 e. The van der Waals surface area contributed by atoms with E-state index in [1.807, 2.05) is 75.4 Å². The van der Waals surface area contributed by atoms with Crippen molar-refractivity contribution in [2.24, 2.45) is 0 Å². The molecular weight excluding hydrogens is 674 g/mol. The van der Waals surface area contributed by atoms with E-state index >= 15 is 0 Å². The molecule has 0 aliphatic rings. The van der Waals surface area contributed by atoms with E-state index in [9.17, 15) is 18.0 Å². The van der Waals surface area contributed by atoms with Gasteiger partial charge in [0.2, 0.25) is 11.8 Å². The molecule has 4 aromatic rings. The van der Waals surface area contributed by atoms with Crippen LogP contribution in [-0.2, 0) is 32.6 Å². The summed E-state index contributed by atoms with van der Waals surface area (Å²) in [6, 6.07) is 27.2. The normalized spacial score (nSPS) is 12.1. The zero-order chi connectivity index (χ0) is 32.7. The molecule has 0 aliphatic heterocycles. The molecule has 2 amide bonds. The van der Waals surface area contributed by atoms with Gasteiger partial charge in [0.25, 0.3) is 10.0 Å². The Balaban J connectivity index is 1.84. The van der Waals surface area contributed by atoms with Crippen LogP contribution in [0.3, 0.4) is 0 Å². The summed E-state index contributed by atoms with van der Waals surface area (Å²) in [7, 11) is -4.22. The molecule has 0 fully saturated rings. The molecule has 236 valence electrons. The molecule has 4 aromatic carbocycles. The average Bonchev–Trinajstić information content (AvgIpc) is 2.99. The van der Waals surface area contributed by atoms with Crippen molar-refractivity contribution in [1.82, 2.24) is 10.2 Å². The van der Waals surface area contributed by atoms with Crippen LogP contribution >= 0.6 is 27.5 Å². The number of anilines is 1. The van der Waals surface area contributed by atoms with Crippen molar-refractivity contribution in [3.63, 3.8) is 0 Å². The molecule has 4 rings (SSSR count). The molecule has 0 aliphatic carbocycles. The molecule has 45 heavy (non-hydrogen) atoms. The summed E-state index contributed by atoms with van der Waals surface area (Å²) in [5.74, 6) is -0.867. The highest BCUT2D eigenvalue weighted by Gasteiger charge is 2.35. The standard InChI is InChI=1S/C35H37BrClN3O4S/c1-24(2)38-35(42)33(20-27-9-6-5-7-10-27)39(22-28-11-8-12-29(36)19-28)34(41)23-40(32-21-30(37)16-15-26(32)4)45(43,44)31-17-13-25(3)14-18-31/h5-19,21,24,33H,20,22-23H2,1-4H3,(H,38,42). The predicted octanol–water partition coefficient (Wildman–Crippen LogP) is 7.08. The highest BCUT2D eigenvalue weighted by atomic mass is 79.9. The first-order valence-electron chi connectivity index (χ1n) is 14.6. The third-order valence-corrected chi connectivity index (χ3v) is 9.77. The predicted molar refractivity (Wildman–Crippen MR) is 184 cm³/mol. The summed E-state index contributed by atoms with van der Waals surface area (Å²) in [5.41, 5.74) is 3.45. The van der Waals surface area contributed by atoms with Crippen molar-refractivity contribution in [2.75, 3.05) is 10.8 Å². The molecular formula is C35H37BrClN3O4S. The number of benzene rings is 4. The van der Waals surface area contributed by atoms with E-state index in [1.54, 1.807) is 37.3 Å². The van der Waals surface area contributed by atoms with Crippen LogP contribution in [0.4, 0.5) is 5.69 Å². The van der Waals surface area contributed by atoms with Crippen molar-refractivity contribution < 1.29 is 18.0 Å². The fourth-order valence-electron chi connectivity index (χ4n) is 4.97. The molecule has 1 N–H and O–H groups in total. The lowest BCUT2D eigenvalue weighted by Gasteiger charge is -2.34. The van der Waals surface area contributed by atoms with Crippen LogP contribution in [0.1, 0.15) is 36.1 Å². The van der Waals surface area contributed by atoms with E-state index in [1.165, 1.54) is 17.0 Å². The summed E-state index contributed by atoms with van der Waals surface area (Å²) >= 11 is 9.86. The van der Waals surface area contributed by atoms with Gasteiger partial charge < -0.3 is 10.2 Å². The summed E-state index contributed by atoms with van der Waals surface area (Å²) < 4.78 is 30.4. The van der Waals surface area contributed by atoms with E-state index in [0.29, 0.717) is 10.6 Å². The Morgan fingerprint density at radius 3 is 2.18 bits per heavy atom. The fraction of sp³-hybridized carbons (Fsp3) is 0.257. The maximum absolute atomic E-state index is 14.6. The average molecular weight is 711 g/mol. The Bertz CT molecular complexity index is 1750. The molecule has 1 unspecified atom stereocenters. The number of rotatable bonds is 12. The van der Waals surface area contributed by atoms with Crippen LogP contribution in [0.15, 0.2) is 106 Å². The number of nitrogens with one attached hydrogen (secondary N) is 1. The highest BCUT2D eigenvalue weighted by Crippen LogP contribution is 2.30. The smallest absolute Gasteiger partial charge is 0.264 e. The topological polar surface area (TPSA) is 86.8 Å². The number of aryl methyl sites for hydroxylation is 2. The number of halogens is 2. The van der Waals surface area contributed by atoms with Gasteiger partial charge in [-0.2, -0.15) is 0 Å². The van der Waals surface area contributed by atoms with Gasteiger partial charge in [0.1, 0.15) is 12.6 Å². The van der Waals surface area contributed by atoms with Gasteiger partial charge in [-0.25, -0.2) is 8.42 Å². The van der Waals surface area contributed by atoms with E-state index in [-0.39, 0.29) is 35.5 Å². The van der Waals surface area contributed by atoms with Crippen LogP contribution in [0, 0.1) is 13.8 Å². The van der Waals surface area contributed by atoms with E-state index in [2.05, 4.69) is 21.2 Å². The second-order valence-electron chi connectivity index (χ2n) is 11.3.